The molecule has 2 aromatic heterocycles. The van der Waals surface area contributed by atoms with E-state index in [1.165, 1.54) is 16.8 Å². The van der Waals surface area contributed by atoms with Gasteiger partial charge in [0.2, 0.25) is 5.91 Å². The van der Waals surface area contributed by atoms with Gasteiger partial charge >= 0.3 is 5.69 Å². The maximum absolute atomic E-state index is 13.1. The first-order valence-corrected chi connectivity index (χ1v) is 9.60. The number of hydrogen-bond acceptors (Lipinski definition) is 5. The summed E-state index contributed by atoms with van der Waals surface area (Å²) in [4.78, 5) is 24.9. The molecule has 1 aliphatic heterocycles. The molecule has 3 aromatic rings. The summed E-state index contributed by atoms with van der Waals surface area (Å²) in [5, 5.41) is 11.2. The minimum atomic E-state index is -0.312. The standard InChI is InChI=1S/C20H22FN5O3/c1-13-10-17(29-24-13)11-19(27)22-16-6-7-18-23-26(20(28)25(18)9-8-16)12-14-2-4-15(21)5-3-14/h2-5,10,16H,6-9,11-12H2,1H3,(H,22,27). The molecule has 0 spiro atoms. The van der Waals surface area contributed by atoms with Gasteiger partial charge in [-0.2, -0.15) is 5.10 Å². The van der Waals surface area contributed by atoms with Crippen molar-refractivity contribution in [3.05, 3.63) is 69.5 Å². The van der Waals surface area contributed by atoms with Crippen LogP contribution in [0.3, 0.4) is 0 Å². The largest absolute Gasteiger partial charge is 0.361 e. The van der Waals surface area contributed by atoms with E-state index in [9.17, 15) is 14.0 Å². The molecule has 29 heavy (non-hydrogen) atoms. The van der Waals surface area contributed by atoms with Crippen molar-refractivity contribution in [2.45, 2.75) is 51.7 Å². The highest BCUT2D eigenvalue weighted by Gasteiger charge is 2.22. The van der Waals surface area contributed by atoms with E-state index in [0.717, 1.165) is 11.3 Å². The van der Waals surface area contributed by atoms with Crippen molar-refractivity contribution in [1.29, 1.82) is 0 Å². The molecule has 0 fully saturated rings. The zero-order valence-corrected chi connectivity index (χ0v) is 16.1. The Kier molecular flexibility index (Phi) is 5.28. The molecule has 1 aromatic carbocycles. The van der Waals surface area contributed by atoms with Crippen molar-refractivity contribution in [1.82, 2.24) is 24.8 Å². The predicted octanol–water partition coefficient (Wildman–Crippen LogP) is 1.59. The number of carbonyl (C=O) groups excluding carboxylic acids is 1. The second kappa shape index (κ2) is 8.02. The van der Waals surface area contributed by atoms with Crippen molar-refractivity contribution in [3.63, 3.8) is 0 Å². The van der Waals surface area contributed by atoms with E-state index in [2.05, 4.69) is 15.6 Å². The van der Waals surface area contributed by atoms with Gasteiger partial charge in [0.25, 0.3) is 0 Å². The van der Waals surface area contributed by atoms with Gasteiger partial charge in [-0.15, -0.1) is 0 Å². The molecule has 0 aliphatic carbocycles. The number of amides is 1. The van der Waals surface area contributed by atoms with Crippen molar-refractivity contribution < 1.29 is 13.7 Å². The molecular formula is C20H22FN5O3. The van der Waals surface area contributed by atoms with Gasteiger partial charge < -0.3 is 9.84 Å². The Bertz CT molecular complexity index is 1070. The number of nitrogens with zero attached hydrogens (tertiary/aromatic N) is 4. The summed E-state index contributed by atoms with van der Waals surface area (Å²) in [7, 11) is 0. The molecule has 1 unspecified atom stereocenters. The normalized spacial score (nSPS) is 16.3. The quantitative estimate of drug-likeness (QED) is 0.703. The van der Waals surface area contributed by atoms with E-state index in [4.69, 9.17) is 4.52 Å². The van der Waals surface area contributed by atoms with E-state index in [-0.39, 0.29) is 29.9 Å². The van der Waals surface area contributed by atoms with Crippen molar-refractivity contribution >= 4 is 5.91 Å². The summed E-state index contributed by atoms with van der Waals surface area (Å²) in [6.07, 6.45) is 2.09. The Labute approximate surface area is 166 Å². The van der Waals surface area contributed by atoms with Gasteiger partial charge in [-0.05, 0) is 37.5 Å². The van der Waals surface area contributed by atoms with Crippen LogP contribution in [0.1, 0.15) is 35.7 Å². The first-order valence-electron chi connectivity index (χ1n) is 9.60. The van der Waals surface area contributed by atoms with E-state index in [0.29, 0.717) is 43.9 Å². The van der Waals surface area contributed by atoms with Gasteiger partial charge in [-0.25, -0.2) is 13.9 Å². The Balaban J connectivity index is 1.38. The van der Waals surface area contributed by atoms with Crippen LogP contribution in [0.4, 0.5) is 4.39 Å². The first-order chi connectivity index (χ1) is 14.0. The second-order valence-corrected chi connectivity index (χ2v) is 7.34. The van der Waals surface area contributed by atoms with Crippen molar-refractivity contribution in [2.24, 2.45) is 0 Å². The van der Waals surface area contributed by atoms with Gasteiger partial charge in [0, 0.05) is 25.1 Å². The highest BCUT2D eigenvalue weighted by molar-refractivity contribution is 5.78. The van der Waals surface area contributed by atoms with Gasteiger partial charge in [0.15, 0.2) is 0 Å². The average molecular weight is 399 g/mol. The lowest BCUT2D eigenvalue weighted by atomic mass is 10.1. The summed E-state index contributed by atoms with van der Waals surface area (Å²) >= 11 is 0. The minimum absolute atomic E-state index is 0.0295. The molecule has 1 amide bonds. The molecule has 3 heterocycles. The van der Waals surface area contributed by atoms with Crippen LogP contribution in [0.15, 0.2) is 39.6 Å². The van der Waals surface area contributed by atoms with E-state index < -0.39 is 0 Å². The maximum atomic E-state index is 13.1. The fraction of sp³-hybridized carbons (Fsp3) is 0.400. The fourth-order valence-corrected chi connectivity index (χ4v) is 3.57. The summed E-state index contributed by atoms with van der Waals surface area (Å²) in [5.74, 6) is 0.803. The molecule has 152 valence electrons. The highest BCUT2D eigenvalue weighted by atomic mass is 19.1. The lowest BCUT2D eigenvalue weighted by molar-refractivity contribution is -0.121. The van der Waals surface area contributed by atoms with Crippen LogP contribution >= 0.6 is 0 Å². The monoisotopic (exact) mass is 399 g/mol. The van der Waals surface area contributed by atoms with Crippen LogP contribution in [0, 0.1) is 12.7 Å². The lowest BCUT2D eigenvalue weighted by Gasteiger charge is -2.15. The maximum Gasteiger partial charge on any atom is 0.346 e. The molecule has 4 rings (SSSR count). The van der Waals surface area contributed by atoms with Crippen molar-refractivity contribution in [3.8, 4) is 0 Å². The number of benzene rings is 1. The smallest absolute Gasteiger partial charge is 0.346 e. The number of nitrogens with one attached hydrogen (secondary N) is 1. The van der Waals surface area contributed by atoms with Crippen LogP contribution in [0.25, 0.3) is 0 Å². The lowest BCUT2D eigenvalue weighted by Crippen LogP contribution is -2.36. The van der Waals surface area contributed by atoms with E-state index >= 15 is 0 Å². The van der Waals surface area contributed by atoms with Crippen LogP contribution in [-0.4, -0.2) is 31.5 Å². The molecule has 0 bridgehead atoms. The molecule has 0 saturated heterocycles. The number of aromatic nitrogens is 4. The SMILES string of the molecule is Cc1cc(CC(=O)NC2CCc3nn(Cc4ccc(F)cc4)c(=O)n3CC2)on1. The Morgan fingerprint density at radius 3 is 2.83 bits per heavy atom. The zero-order valence-electron chi connectivity index (χ0n) is 16.1. The van der Waals surface area contributed by atoms with Gasteiger partial charge in [0.1, 0.15) is 17.4 Å². The van der Waals surface area contributed by atoms with Crippen LogP contribution < -0.4 is 11.0 Å². The number of halogens is 1. The van der Waals surface area contributed by atoms with Crippen LogP contribution in [0.2, 0.25) is 0 Å². The summed E-state index contributed by atoms with van der Waals surface area (Å²) in [5.41, 5.74) is 1.37. The second-order valence-electron chi connectivity index (χ2n) is 7.34. The summed E-state index contributed by atoms with van der Waals surface area (Å²) in [6, 6.07) is 7.75. The number of carbonyl (C=O) groups is 1. The number of aryl methyl sites for hydroxylation is 2. The van der Waals surface area contributed by atoms with Crippen molar-refractivity contribution in [2.75, 3.05) is 0 Å². The summed E-state index contributed by atoms with van der Waals surface area (Å²) < 4.78 is 21.2. The third-order valence-electron chi connectivity index (χ3n) is 5.04. The van der Waals surface area contributed by atoms with Gasteiger partial charge in [0.05, 0.1) is 18.7 Å². The first kappa shape index (κ1) is 19.1. The molecule has 1 atom stereocenters. The number of hydrogen-bond donors (Lipinski definition) is 1. The molecular weight excluding hydrogens is 377 g/mol. The number of fused-ring (bicyclic) bond motifs is 1. The topological polar surface area (TPSA) is 95.0 Å². The highest BCUT2D eigenvalue weighted by Crippen LogP contribution is 2.13. The molecule has 1 aliphatic rings. The third-order valence-corrected chi connectivity index (χ3v) is 5.04. The average Bonchev–Trinajstić information content (AvgIpc) is 3.15. The Morgan fingerprint density at radius 1 is 1.31 bits per heavy atom. The minimum Gasteiger partial charge on any atom is -0.361 e. The summed E-state index contributed by atoms with van der Waals surface area (Å²) in [6.45, 7) is 2.60. The molecule has 9 heteroatoms. The predicted molar refractivity (Wildman–Crippen MR) is 102 cm³/mol. The molecule has 0 radical (unpaired) electrons. The van der Waals surface area contributed by atoms with Gasteiger partial charge in [-0.1, -0.05) is 17.3 Å². The zero-order chi connectivity index (χ0) is 20.4. The van der Waals surface area contributed by atoms with E-state index in [1.807, 2.05) is 0 Å². The van der Waals surface area contributed by atoms with E-state index in [1.54, 1.807) is 29.7 Å². The van der Waals surface area contributed by atoms with Crippen LogP contribution in [-0.2, 0) is 30.7 Å². The third kappa shape index (κ3) is 4.44. The fourth-order valence-electron chi connectivity index (χ4n) is 3.57. The van der Waals surface area contributed by atoms with Gasteiger partial charge in [-0.3, -0.25) is 9.36 Å². The van der Waals surface area contributed by atoms with Crippen LogP contribution in [0.5, 0.6) is 0 Å². The molecule has 8 nitrogen and oxygen atoms in total. The Morgan fingerprint density at radius 2 is 2.10 bits per heavy atom. The Hall–Kier alpha value is -3.23. The number of rotatable bonds is 5. The molecule has 1 N–H and O–H groups in total. The molecule has 0 saturated carbocycles.